The van der Waals surface area contributed by atoms with Crippen molar-refractivity contribution in [1.82, 2.24) is 15.1 Å². The fourth-order valence-electron chi connectivity index (χ4n) is 4.08. The first kappa shape index (κ1) is 24.0. The monoisotopic (exact) mass is 436 g/mol. The summed E-state index contributed by atoms with van der Waals surface area (Å²) in [6, 6.07) is 17.4. The number of carbonyl (C=O) groups excluding carboxylic acids is 2. The van der Waals surface area contributed by atoms with Crippen molar-refractivity contribution in [2.45, 2.75) is 45.7 Å². The molecule has 0 saturated carbocycles. The Morgan fingerprint density at radius 2 is 1.62 bits per heavy atom. The zero-order valence-electron chi connectivity index (χ0n) is 19.7. The molecule has 6 nitrogen and oxygen atoms in total. The van der Waals surface area contributed by atoms with Crippen molar-refractivity contribution in [3.05, 3.63) is 65.7 Å². The third-order valence-corrected chi connectivity index (χ3v) is 5.55. The van der Waals surface area contributed by atoms with Crippen LogP contribution in [0.1, 0.15) is 44.4 Å². The maximum Gasteiger partial charge on any atom is 0.246 e. The fourth-order valence-corrected chi connectivity index (χ4v) is 4.08. The molecule has 172 valence electrons. The largest absolute Gasteiger partial charge is 0.350 e. The van der Waals surface area contributed by atoms with Crippen molar-refractivity contribution >= 4 is 17.5 Å². The van der Waals surface area contributed by atoms with Crippen LogP contribution in [0.2, 0.25) is 0 Å². The highest BCUT2D eigenvalue weighted by atomic mass is 16.2. The van der Waals surface area contributed by atoms with E-state index in [2.05, 4.69) is 20.4 Å². The van der Waals surface area contributed by atoms with Gasteiger partial charge in [0.1, 0.15) is 6.04 Å². The van der Waals surface area contributed by atoms with Gasteiger partial charge in [-0.15, -0.1) is 0 Å². The lowest BCUT2D eigenvalue weighted by Crippen LogP contribution is -2.46. The third kappa shape index (κ3) is 7.18. The Balaban J connectivity index is 1.70. The SMILES string of the molecule is Cc1ccc(NC(=O)[C@H](c2ccccc2)N2CCCN(CC(=O)NC(C)(C)C)CC2)cc1. The smallest absolute Gasteiger partial charge is 0.246 e. The van der Waals surface area contributed by atoms with Gasteiger partial charge in [-0.1, -0.05) is 48.0 Å². The first-order chi connectivity index (χ1) is 15.2. The van der Waals surface area contributed by atoms with Gasteiger partial charge < -0.3 is 10.6 Å². The fraction of sp³-hybridized carbons (Fsp3) is 0.462. The topological polar surface area (TPSA) is 64.7 Å². The van der Waals surface area contributed by atoms with Crippen LogP contribution in [-0.4, -0.2) is 59.9 Å². The Bertz CT molecular complexity index is 890. The summed E-state index contributed by atoms with van der Waals surface area (Å²) in [7, 11) is 0. The molecule has 3 rings (SSSR count). The van der Waals surface area contributed by atoms with Crippen molar-refractivity contribution in [2.75, 3.05) is 38.0 Å². The summed E-state index contributed by atoms with van der Waals surface area (Å²) in [5, 5.41) is 6.13. The molecule has 1 heterocycles. The van der Waals surface area contributed by atoms with E-state index in [1.807, 2.05) is 82.3 Å². The van der Waals surface area contributed by atoms with Crippen LogP contribution in [0.25, 0.3) is 0 Å². The molecule has 6 heteroatoms. The number of aryl methyl sites for hydroxylation is 1. The second-order valence-corrected chi connectivity index (χ2v) is 9.63. The number of anilines is 1. The Morgan fingerprint density at radius 3 is 2.28 bits per heavy atom. The molecule has 1 atom stereocenters. The first-order valence-corrected chi connectivity index (χ1v) is 11.4. The molecule has 2 N–H and O–H groups in total. The summed E-state index contributed by atoms with van der Waals surface area (Å²) in [6.07, 6.45) is 0.907. The summed E-state index contributed by atoms with van der Waals surface area (Å²) in [5.74, 6) is 0.0154. The highest BCUT2D eigenvalue weighted by molar-refractivity contribution is 5.95. The number of benzene rings is 2. The minimum absolute atomic E-state index is 0.0287. The van der Waals surface area contributed by atoms with Gasteiger partial charge in [-0.3, -0.25) is 19.4 Å². The van der Waals surface area contributed by atoms with E-state index in [-0.39, 0.29) is 23.4 Å². The normalized spacial score (nSPS) is 16.8. The van der Waals surface area contributed by atoms with Crippen molar-refractivity contribution in [1.29, 1.82) is 0 Å². The van der Waals surface area contributed by atoms with Crippen LogP contribution in [0, 0.1) is 6.92 Å². The lowest BCUT2D eigenvalue weighted by atomic mass is 10.0. The summed E-state index contributed by atoms with van der Waals surface area (Å²) in [4.78, 5) is 30.2. The molecule has 1 fully saturated rings. The maximum atomic E-state index is 13.4. The standard InChI is InChI=1S/C26H36N4O2/c1-20-11-13-22(14-12-20)27-25(32)24(21-9-6-5-7-10-21)30-16-8-15-29(17-18-30)19-23(31)28-26(2,3)4/h5-7,9-14,24H,8,15-19H2,1-4H3,(H,27,32)(H,28,31)/t24-/m0/s1. The molecule has 1 saturated heterocycles. The van der Waals surface area contributed by atoms with Gasteiger partial charge in [0, 0.05) is 30.9 Å². The Labute approximate surface area is 192 Å². The number of hydrogen-bond donors (Lipinski definition) is 2. The molecular weight excluding hydrogens is 400 g/mol. The summed E-state index contributed by atoms with van der Waals surface area (Å²) in [5.41, 5.74) is 2.71. The maximum absolute atomic E-state index is 13.4. The lowest BCUT2D eigenvalue weighted by Gasteiger charge is -2.30. The van der Waals surface area contributed by atoms with E-state index in [0.717, 1.165) is 49.4 Å². The number of amides is 2. The van der Waals surface area contributed by atoms with Crippen LogP contribution in [0.4, 0.5) is 5.69 Å². The van der Waals surface area contributed by atoms with Gasteiger partial charge in [-0.25, -0.2) is 0 Å². The quantitative estimate of drug-likeness (QED) is 0.726. The van der Waals surface area contributed by atoms with Crippen LogP contribution < -0.4 is 10.6 Å². The molecule has 32 heavy (non-hydrogen) atoms. The van der Waals surface area contributed by atoms with Crippen LogP contribution in [0.5, 0.6) is 0 Å². The van der Waals surface area contributed by atoms with Crippen molar-refractivity contribution in [3.8, 4) is 0 Å². The van der Waals surface area contributed by atoms with Gasteiger partial charge in [0.15, 0.2) is 0 Å². The van der Waals surface area contributed by atoms with E-state index >= 15 is 0 Å². The average molecular weight is 437 g/mol. The second kappa shape index (κ2) is 10.7. The number of nitrogens with one attached hydrogen (secondary N) is 2. The zero-order valence-corrected chi connectivity index (χ0v) is 19.7. The average Bonchev–Trinajstić information content (AvgIpc) is 2.95. The summed E-state index contributed by atoms with van der Waals surface area (Å²) in [6.45, 7) is 11.5. The molecular formula is C26H36N4O2. The predicted octanol–water partition coefficient (Wildman–Crippen LogP) is 3.60. The first-order valence-electron chi connectivity index (χ1n) is 11.4. The van der Waals surface area contributed by atoms with E-state index < -0.39 is 0 Å². The molecule has 1 aliphatic rings. The molecule has 1 aliphatic heterocycles. The van der Waals surface area contributed by atoms with Gasteiger partial charge in [0.2, 0.25) is 11.8 Å². The minimum atomic E-state index is -0.374. The van der Waals surface area contributed by atoms with E-state index in [1.54, 1.807) is 0 Å². The van der Waals surface area contributed by atoms with Crippen molar-refractivity contribution in [3.63, 3.8) is 0 Å². The van der Waals surface area contributed by atoms with E-state index in [9.17, 15) is 9.59 Å². The number of nitrogens with zero attached hydrogens (tertiary/aromatic N) is 2. The van der Waals surface area contributed by atoms with Crippen LogP contribution >= 0.6 is 0 Å². The van der Waals surface area contributed by atoms with Gasteiger partial charge in [0.25, 0.3) is 0 Å². The number of carbonyl (C=O) groups is 2. The molecule has 0 aliphatic carbocycles. The van der Waals surface area contributed by atoms with Gasteiger partial charge in [-0.2, -0.15) is 0 Å². The number of rotatable bonds is 6. The summed E-state index contributed by atoms with van der Waals surface area (Å²) < 4.78 is 0. The van der Waals surface area contributed by atoms with Gasteiger partial charge in [0.05, 0.1) is 6.54 Å². The molecule has 2 aromatic rings. The van der Waals surface area contributed by atoms with Gasteiger partial charge in [-0.05, 0) is 58.4 Å². The van der Waals surface area contributed by atoms with Crippen LogP contribution in [0.15, 0.2) is 54.6 Å². The number of hydrogen-bond acceptors (Lipinski definition) is 4. The highest BCUT2D eigenvalue weighted by Crippen LogP contribution is 2.24. The Hall–Kier alpha value is -2.70. The zero-order chi connectivity index (χ0) is 23.1. The summed E-state index contributed by atoms with van der Waals surface area (Å²) >= 11 is 0. The molecule has 0 aromatic heterocycles. The molecule has 0 spiro atoms. The van der Waals surface area contributed by atoms with E-state index in [0.29, 0.717) is 6.54 Å². The Kier molecular flexibility index (Phi) is 8.04. The molecule has 0 bridgehead atoms. The Morgan fingerprint density at radius 1 is 0.938 bits per heavy atom. The van der Waals surface area contributed by atoms with Crippen LogP contribution in [0.3, 0.4) is 0 Å². The van der Waals surface area contributed by atoms with E-state index in [4.69, 9.17) is 0 Å². The molecule has 2 amide bonds. The van der Waals surface area contributed by atoms with Gasteiger partial charge >= 0.3 is 0 Å². The molecule has 2 aromatic carbocycles. The lowest BCUT2D eigenvalue weighted by molar-refractivity contribution is -0.124. The highest BCUT2D eigenvalue weighted by Gasteiger charge is 2.30. The predicted molar refractivity (Wildman–Crippen MR) is 130 cm³/mol. The molecule has 0 unspecified atom stereocenters. The van der Waals surface area contributed by atoms with Crippen molar-refractivity contribution < 1.29 is 9.59 Å². The van der Waals surface area contributed by atoms with E-state index in [1.165, 1.54) is 0 Å². The molecule has 0 radical (unpaired) electrons. The minimum Gasteiger partial charge on any atom is -0.350 e. The van der Waals surface area contributed by atoms with Crippen LogP contribution in [-0.2, 0) is 9.59 Å². The third-order valence-electron chi connectivity index (χ3n) is 5.55. The van der Waals surface area contributed by atoms with Crippen molar-refractivity contribution in [2.24, 2.45) is 0 Å². The second-order valence-electron chi connectivity index (χ2n) is 9.63.